The molecule has 0 unspecified atom stereocenters. The van der Waals surface area contributed by atoms with Gasteiger partial charge in [0.1, 0.15) is 0 Å². The number of piperidine rings is 1. The first-order chi connectivity index (χ1) is 10.0. The smallest absolute Gasteiger partial charge is 0.306 e. The predicted octanol–water partition coefficient (Wildman–Crippen LogP) is 1.72. The lowest BCUT2D eigenvalue weighted by atomic mass is 9.93. The largest absolute Gasteiger partial charge is 0.466 e. The first-order valence-corrected chi connectivity index (χ1v) is 8.17. The predicted molar refractivity (Wildman–Crippen MR) is 82.8 cm³/mol. The van der Waals surface area contributed by atoms with Crippen molar-refractivity contribution >= 4 is 11.9 Å². The monoisotopic (exact) mass is 298 g/mol. The minimum absolute atomic E-state index is 0.119. The van der Waals surface area contributed by atoms with Crippen molar-refractivity contribution in [2.75, 3.05) is 26.2 Å². The number of carbonyl (C=O) groups excluding carboxylic acids is 2. The molecule has 1 aliphatic rings. The normalized spacial score (nSPS) is 17.5. The van der Waals surface area contributed by atoms with Crippen LogP contribution in [-0.2, 0) is 14.3 Å². The van der Waals surface area contributed by atoms with Crippen LogP contribution in [0.15, 0.2) is 0 Å². The van der Waals surface area contributed by atoms with Crippen molar-refractivity contribution in [3.8, 4) is 0 Å². The van der Waals surface area contributed by atoms with Gasteiger partial charge in [0.2, 0.25) is 5.91 Å². The molecule has 1 amide bonds. The van der Waals surface area contributed by atoms with Gasteiger partial charge in [-0.1, -0.05) is 13.8 Å². The van der Waals surface area contributed by atoms with Gasteiger partial charge in [0.25, 0.3) is 0 Å². The van der Waals surface area contributed by atoms with E-state index in [9.17, 15) is 9.59 Å². The first-order valence-electron chi connectivity index (χ1n) is 8.17. The highest BCUT2D eigenvalue weighted by Crippen LogP contribution is 2.17. The zero-order valence-electron chi connectivity index (χ0n) is 13.6. The lowest BCUT2D eigenvalue weighted by Crippen LogP contribution is -2.40. The Hall–Kier alpha value is -1.10. The maximum Gasteiger partial charge on any atom is 0.306 e. The molecule has 1 heterocycles. The minimum atomic E-state index is -0.167. The number of esters is 1. The lowest BCUT2D eigenvalue weighted by Gasteiger charge is -2.24. The summed E-state index contributed by atoms with van der Waals surface area (Å²) >= 11 is 0. The molecule has 0 aromatic carbocycles. The summed E-state index contributed by atoms with van der Waals surface area (Å²) in [6.45, 7) is 8.88. The van der Waals surface area contributed by atoms with Crippen LogP contribution in [0.3, 0.4) is 0 Å². The summed E-state index contributed by atoms with van der Waals surface area (Å²) in [7, 11) is 0. The first kappa shape index (κ1) is 18.0. The van der Waals surface area contributed by atoms with Crippen molar-refractivity contribution in [2.45, 2.75) is 46.5 Å². The van der Waals surface area contributed by atoms with Crippen LogP contribution >= 0.6 is 0 Å². The van der Waals surface area contributed by atoms with E-state index in [4.69, 9.17) is 4.74 Å². The Labute approximate surface area is 128 Å². The Morgan fingerprint density at radius 3 is 2.52 bits per heavy atom. The third kappa shape index (κ3) is 7.46. The molecule has 0 bridgehead atoms. The molecule has 5 nitrogen and oxygen atoms in total. The van der Waals surface area contributed by atoms with Gasteiger partial charge in [0.15, 0.2) is 0 Å². The van der Waals surface area contributed by atoms with E-state index < -0.39 is 0 Å². The molecular weight excluding hydrogens is 268 g/mol. The summed E-state index contributed by atoms with van der Waals surface area (Å²) in [6.07, 6.45) is 3.11. The summed E-state index contributed by atoms with van der Waals surface area (Å²) in [5.41, 5.74) is 0. The Morgan fingerprint density at radius 2 is 1.95 bits per heavy atom. The number of hydrogen-bond donors (Lipinski definition) is 2. The third-order valence-electron chi connectivity index (χ3n) is 3.84. The van der Waals surface area contributed by atoms with Gasteiger partial charge in [-0.15, -0.1) is 0 Å². The van der Waals surface area contributed by atoms with E-state index in [-0.39, 0.29) is 23.7 Å². The molecular formula is C16H30N2O3. The van der Waals surface area contributed by atoms with Gasteiger partial charge in [-0.05, 0) is 51.1 Å². The zero-order chi connectivity index (χ0) is 15.7. The van der Waals surface area contributed by atoms with Gasteiger partial charge in [-0.3, -0.25) is 9.59 Å². The standard InChI is InChI=1S/C16H30N2O3/c1-4-21-15(19)10-13(9-12(2)3)11-18-16(20)14-5-7-17-8-6-14/h12-14,17H,4-11H2,1-3H3,(H,18,20)/t13-/m0/s1. The second kappa shape index (κ2) is 9.77. The maximum atomic E-state index is 12.1. The van der Waals surface area contributed by atoms with Crippen LogP contribution in [0.5, 0.6) is 0 Å². The Morgan fingerprint density at radius 1 is 1.29 bits per heavy atom. The van der Waals surface area contributed by atoms with E-state index in [1.54, 1.807) is 0 Å². The summed E-state index contributed by atoms with van der Waals surface area (Å²) in [5.74, 6) is 0.747. The van der Waals surface area contributed by atoms with Gasteiger partial charge < -0.3 is 15.4 Å². The fraction of sp³-hybridized carbons (Fsp3) is 0.875. The third-order valence-corrected chi connectivity index (χ3v) is 3.84. The molecule has 0 aromatic rings. The van der Waals surface area contributed by atoms with Crippen molar-refractivity contribution in [3.63, 3.8) is 0 Å². The average molecular weight is 298 g/mol. The fourth-order valence-corrected chi connectivity index (χ4v) is 2.83. The van der Waals surface area contributed by atoms with Crippen molar-refractivity contribution in [1.29, 1.82) is 0 Å². The van der Waals surface area contributed by atoms with Gasteiger partial charge in [-0.25, -0.2) is 0 Å². The van der Waals surface area contributed by atoms with E-state index in [1.165, 1.54) is 0 Å². The van der Waals surface area contributed by atoms with Gasteiger partial charge >= 0.3 is 5.97 Å². The molecule has 1 atom stereocenters. The number of amides is 1. The molecule has 1 aliphatic heterocycles. The van der Waals surface area contributed by atoms with Gasteiger partial charge in [0, 0.05) is 12.5 Å². The van der Waals surface area contributed by atoms with Gasteiger partial charge in [-0.2, -0.15) is 0 Å². The highest BCUT2D eigenvalue weighted by Gasteiger charge is 2.22. The second-order valence-corrected chi connectivity index (χ2v) is 6.27. The van der Waals surface area contributed by atoms with Crippen molar-refractivity contribution < 1.29 is 14.3 Å². The summed E-state index contributed by atoms with van der Waals surface area (Å²) < 4.78 is 5.02. The molecule has 2 N–H and O–H groups in total. The van der Waals surface area contributed by atoms with Crippen LogP contribution in [0.2, 0.25) is 0 Å². The van der Waals surface area contributed by atoms with Crippen LogP contribution in [0.4, 0.5) is 0 Å². The molecule has 0 radical (unpaired) electrons. The molecule has 1 rings (SSSR count). The molecule has 1 saturated heterocycles. The van der Waals surface area contributed by atoms with Crippen molar-refractivity contribution in [2.24, 2.45) is 17.8 Å². The SMILES string of the molecule is CCOC(=O)C[C@@H](CNC(=O)C1CCNCC1)CC(C)C. The van der Waals surface area contributed by atoms with E-state index in [2.05, 4.69) is 24.5 Å². The number of carbonyl (C=O) groups is 2. The highest BCUT2D eigenvalue weighted by atomic mass is 16.5. The average Bonchev–Trinajstić information content (AvgIpc) is 2.45. The molecule has 0 spiro atoms. The molecule has 122 valence electrons. The van der Waals surface area contributed by atoms with E-state index in [0.29, 0.717) is 25.5 Å². The summed E-state index contributed by atoms with van der Waals surface area (Å²) in [6, 6.07) is 0. The Bertz CT molecular complexity index is 325. The maximum absolute atomic E-state index is 12.1. The van der Waals surface area contributed by atoms with Crippen molar-refractivity contribution in [1.82, 2.24) is 10.6 Å². The summed E-state index contributed by atoms with van der Waals surface area (Å²) in [5, 5.41) is 6.29. The van der Waals surface area contributed by atoms with Gasteiger partial charge in [0.05, 0.1) is 13.0 Å². The zero-order valence-corrected chi connectivity index (χ0v) is 13.6. The van der Waals surface area contributed by atoms with Crippen molar-refractivity contribution in [3.05, 3.63) is 0 Å². The topological polar surface area (TPSA) is 67.4 Å². The molecule has 1 fully saturated rings. The van der Waals surface area contributed by atoms with Crippen LogP contribution < -0.4 is 10.6 Å². The van der Waals surface area contributed by atoms with Crippen LogP contribution in [0.25, 0.3) is 0 Å². The molecule has 0 aromatic heterocycles. The number of ether oxygens (including phenoxy) is 1. The van der Waals surface area contributed by atoms with E-state index in [1.807, 2.05) is 6.92 Å². The lowest BCUT2D eigenvalue weighted by molar-refractivity contribution is -0.144. The van der Waals surface area contributed by atoms with Crippen LogP contribution in [-0.4, -0.2) is 38.1 Å². The number of nitrogens with one attached hydrogen (secondary N) is 2. The Kier molecular flexibility index (Phi) is 8.35. The van der Waals surface area contributed by atoms with E-state index >= 15 is 0 Å². The number of hydrogen-bond acceptors (Lipinski definition) is 4. The summed E-state index contributed by atoms with van der Waals surface area (Å²) in [4.78, 5) is 23.8. The highest BCUT2D eigenvalue weighted by molar-refractivity contribution is 5.78. The molecule has 0 saturated carbocycles. The minimum Gasteiger partial charge on any atom is -0.466 e. The molecule has 0 aliphatic carbocycles. The van der Waals surface area contributed by atoms with E-state index in [0.717, 1.165) is 32.4 Å². The molecule has 5 heteroatoms. The van der Waals surface area contributed by atoms with Crippen LogP contribution in [0.1, 0.15) is 46.5 Å². The quantitative estimate of drug-likeness (QED) is 0.670. The second-order valence-electron chi connectivity index (χ2n) is 6.27. The fourth-order valence-electron chi connectivity index (χ4n) is 2.83. The Balaban J connectivity index is 2.40. The number of rotatable bonds is 8. The van der Waals surface area contributed by atoms with Crippen LogP contribution in [0, 0.1) is 17.8 Å². The molecule has 21 heavy (non-hydrogen) atoms.